The molecule has 0 aliphatic rings. The highest BCUT2D eigenvalue weighted by Crippen LogP contribution is 2.34. The van der Waals surface area contributed by atoms with E-state index in [2.05, 4.69) is 15.9 Å². The molecule has 2 aromatic rings. The second-order valence-corrected chi connectivity index (χ2v) is 5.18. The SMILES string of the molecule is Cc1cc(C(Br)c2ccoc2C)cc(C)c1F. The molecule has 0 radical (unpaired) electrons. The third-order valence-electron chi connectivity index (χ3n) is 2.92. The van der Waals surface area contributed by atoms with Crippen LogP contribution in [0.4, 0.5) is 4.39 Å². The summed E-state index contributed by atoms with van der Waals surface area (Å²) >= 11 is 3.63. The molecule has 0 saturated carbocycles. The van der Waals surface area contributed by atoms with E-state index in [-0.39, 0.29) is 10.6 Å². The standard InChI is InChI=1S/C14H14BrFO/c1-8-6-11(7-9(2)14(8)16)13(15)12-4-5-17-10(12)3/h4-7,13H,1-3H3. The zero-order valence-corrected chi connectivity index (χ0v) is 11.6. The molecule has 1 unspecified atom stereocenters. The summed E-state index contributed by atoms with van der Waals surface area (Å²) in [6, 6.07) is 5.67. The maximum atomic E-state index is 13.6. The first-order valence-electron chi connectivity index (χ1n) is 5.45. The van der Waals surface area contributed by atoms with E-state index in [1.165, 1.54) is 0 Å². The van der Waals surface area contributed by atoms with Gasteiger partial charge in [-0.2, -0.15) is 0 Å². The number of halogens is 2. The maximum Gasteiger partial charge on any atom is 0.129 e. The van der Waals surface area contributed by atoms with E-state index in [9.17, 15) is 4.39 Å². The predicted molar refractivity (Wildman–Crippen MR) is 70.1 cm³/mol. The molecule has 3 heteroatoms. The molecule has 17 heavy (non-hydrogen) atoms. The van der Waals surface area contributed by atoms with E-state index in [1.807, 2.05) is 25.1 Å². The molecule has 1 aromatic heterocycles. The van der Waals surface area contributed by atoms with Gasteiger partial charge in [-0.25, -0.2) is 4.39 Å². The van der Waals surface area contributed by atoms with Gasteiger partial charge >= 0.3 is 0 Å². The zero-order valence-electron chi connectivity index (χ0n) is 10.1. The van der Waals surface area contributed by atoms with Crippen LogP contribution in [0.1, 0.15) is 32.8 Å². The lowest BCUT2D eigenvalue weighted by Gasteiger charge is -2.12. The van der Waals surface area contributed by atoms with Crippen LogP contribution in [0.2, 0.25) is 0 Å². The molecule has 2 rings (SSSR count). The first-order valence-corrected chi connectivity index (χ1v) is 6.37. The molecule has 1 aromatic carbocycles. The molecule has 1 heterocycles. The number of rotatable bonds is 2. The molecular formula is C14H14BrFO. The monoisotopic (exact) mass is 296 g/mol. The van der Waals surface area contributed by atoms with Crippen molar-refractivity contribution in [3.8, 4) is 0 Å². The van der Waals surface area contributed by atoms with Gasteiger partial charge in [-0.05, 0) is 43.5 Å². The normalized spacial score (nSPS) is 12.8. The van der Waals surface area contributed by atoms with Crippen LogP contribution in [0.5, 0.6) is 0 Å². The summed E-state index contributed by atoms with van der Waals surface area (Å²) in [5, 5.41) is 0. The van der Waals surface area contributed by atoms with Crippen LogP contribution < -0.4 is 0 Å². The Balaban J connectivity index is 2.45. The Labute approximate surface area is 109 Å². The molecule has 0 fully saturated rings. The summed E-state index contributed by atoms with van der Waals surface area (Å²) in [6.07, 6.45) is 1.67. The lowest BCUT2D eigenvalue weighted by atomic mass is 10.0. The molecule has 0 saturated heterocycles. The van der Waals surface area contributed by atoms with Crippen molar-refractivity contribution in [1.29, 1.82) is 0 Å². The van der Waals surface area contributed by atoms with E-state index in [4.69, 9.17) is 4.42 Å². The van der Waals surface area contributed by atoms with Crippen molar-refractivity contribution in [3.63, 3.8) is 0 Å². The van der Waals surface area contributed by atoms with Crippen molar-refractivity contribution in [3.05, 3.63) is 58.3 Å². The third kappa shape index (κ3) is 2.29. The molecule has 1 atom stereocenters. The number of benzene rings is 1. The number of aryl methyl sites for hydroxylation is 3. The summed E-state index contributed by atoms with van der Waals surface area (Å²) < 4.78 is 18.8. The van der Waals surface area contributed by atoms with E-state index in [0.717, 1.165) is 16.9 Å². The van der Waals surface area contributed by atoms with E-state index in [0.29, 0.717) is 11.1 Å². The van der Waals surface area contributed by atoms with Gasteiger partial charge in [-0.15, -0.1) is 0 Å². The van der Waals surface area contributed by atoms with Crippen molar-refractivity contribution >= 4 is 15.9 Å². The summed E-state index contributed by atoms with van der Waals surface area (Å²) in [5.41, 5.74) is 3.47. The van der Waals surface area contributed by atoms with E-state index < -0.39 is 0 Å². The van der Waals surface area contributed by atoms with Crippen LogP contribution in [-0.4, -0.2) is 0 Å². The topological polar surface area (TPSA) is 13.1 Å². The molecule has 0 amide bonds. The second-order valence-electron chi connectivity index (χ2n) is 4.26. The van der Waals surface area contributed by atoms with Gasteiger partial charge in [0, 0.05) is 5.56 Å². The Morgan fingerprint density at radius 3 is 2.24 bits per heavy atom. The molecule has 90 valence electrons. The quantitative estimate of drug-likeness (QED) is 0.724. The Bertz CT molecular complexity index is 522. The first-order chi connectivity index (χ1) is 8.00. The highest BCUT2D eigenvalue weighted by molar-refractivity contribution is 9.09. The van der Waals surface area contributed by atoms with Gasteiger partial charge in [0.25, 0.3) is 0 Å². The molecule has 0 aliphatic carbocycles. The summed E-state index contributed by atoms with van der Waals surface area (Å²) in [6.45, 7) is 5.49. The average Bonchev–Trinajstić information content (AvgIpc) is 2.70. The van der Waals surface area contributed by atoms with Crippen LogP contribution >= 0.6 is 15.9 Å². The minimum absolute atomic E-state index is 0.0410. The van der Waals surface area contributed by atoms with E-state index >= 15 is 0 Å². The fourth-order valence-corrected chi connectivity index (χ4v) is 2.70. The van der Waals surface area contributed by atoms with Gasteiger partial charge in [0.1, 0.15) is 11.6 Å². The molecule has 0 bridgehead atoms. The number of alkyl halides is 1. The lowest BCUT2D eigenvalue weighted by Crippen LogP contribution is -1.97. The largest absolute Gasteiger partial charge is 0.469 e. The van der Waals surface area contributed by atoms with Gasteiger partial charge < -0.3 is 4.42 Å². The average molecular weight is 297 g/mol. The van der Waals surface area contributed by atoms with E-state index in [1.54, 1.807) is 20.1 Å². The Hall–Kier alpha value is -1.09. The predicted octanol–water partition coefficient (Wildman–Crippen LogP) is 4.83. The number of hydrogen-bond acceptors (Lipinski definition) is 1. The van der Waals surface area contributed by atoms with Crippen LogP contribution in [0.3, 0.4) is 0 Å². The summed E-state index contributed by atoms with van der Waals surface area (Å²) in [5.74, 6) is 0.754. The van der Waals surface area contributed by atoms with Crippen LogP contribution in [0, 0.1) is 26.6 Å². The maximum absolute atomic E-state index is 13.6. The highest BCUT2D eigenvalue weighted by Gasteiger charge is 2.16. The molecule has 0 aliphatic heterocycles. The Morgan fingerprint density at radius 2 is 1.76 bits per heavy atom. The minimum atomic E-state index is -0.127. The van der Waals surface area contributed by atoms with Crippen molar-refractivity contribution in [1.82, 2.24) is 0 Å². The fourth-order valence-electron chi connectivity index (χ4n) is 1.96. The minimum Gasteiger partial charge on any atom is -0.469 e. The Morgan fingerprint density at radius 1 is 1.18 bits per heavy atom. The molecule has 0 spiro atoms. The van der Waals surface area contributed by atoms with Gasteiger partial charge in [-0.1, -0.05) is 28.1 Å². The second kappa shape index (κ2) is 4.65. The Kier molecular flexibility index (Phi) is 3.38. The zero-order chi connectivity index (χ0) is 12.6. The first kappa shape index (κ1) is 12.4. The lowest BCUT2D eigenvalue weighted by molar-refractivity contribution is 0.530. The summed E-state index contributed by atoms with van der Waals surface area (Å²) in [4.78, 5) is 0.0410. The van der Waals surface area contributed by atoms with Crippen molar-refractivity contribution in [2.45, 2.75) is 25.6 Å². The smallest absolute Gasteiger partial charge is 0.129 e. The van der Waals surface area contributed by atoms with Gasteiger partial charge in [-0.3, -0.25) is 0 Å². The van der Waals surface area contributed by atoms with Crippen molar-refractivity contribution < 1.29 is 8.81 Å². The van der Waals surface area contributed by atoms with Gasteiger partial charge in [0.2, 0.25) is 0 Å². The fraction of sp³-hybridized carbons (Fsp3) is 0.286. The molecule has 1 nitrogen and oxygen atoms in total. The van der Waals surface area contributed by atoms with Crippen LogP contribution in [0.25, 0.3) is 0 Å². The van der Waals surface area contributed by atoms with Crippen LogP contribution in [0.15, 0.2) is 28.9 Å². The molecular weight excluding hydrogens is 283 g/mol. The van der Waals surface area contributed by atoms with Crippen LogP contribution in [-0.2, 0) is 0 Å². The van der Waals surface area contributed by atoms with Crippen molar-refractivity contribution in [2.75, 3.05) is 0 Å². The van der Waals surface area contributed by atoms with Gasteiger partial charge in [0.05, 0.1) is 11.1 Å². The summed E-state index contributed by atoms with van der Waals surface area (Å²) in [7, 11) is 0. The third-order valence-corrected chi connectivity index (χ3v) is 3.95. The number of hydrogen-bond donors (Lipinski definition) is 0. The van der Waals surface area contributed by atoms with Gasteiger partial charge in [0.15, 0.2) is 0 Å². The highest BCUT2D eigenvalue weighted by atomic mass is 79.9. The van der Waals surface area contributed by atoms with Crippen molar-refractivity contribution in [2.24, 2.45) is 0 Å². The molecule has 0 N–H and O–H groups in total. The number of furan rings is 1.